The van der Waals surface area contributed by atoms with Crippen LogP contribution in [0.3, 0.4) is 0 Å². The molecule has 4 rings (SSSR count). The Bertz CT molecular complexity index is 885. The number of anilines is 1. The topological polar surface area (TPSA) is 41.4 Å². The van der Waals surface area contributed by atoms with E-state index in [-0.39, 0.29) is 5.91 Å². The zero-order chi connectivity index (χ0) is 17.2. The highest BCUT2D eigenvalue weighted by atomic mass is 79.9. The third-order valence-corrected chi connectivity index (χ3v) is 5.14. The molecule has 0 saturated carbocycles. The van der Waals surface area contributed by atoms with Gasteiger partial charge in [-0.25, -0.2) is 4.98 Å². The maximum Gasteiger partial charge on any atom is 0.242 e. The molecular formula is C19H19BrN4O. The highest BCUT2D eigenvalue weighted by Gasteiger charge is 2.22. The summed E-state index contributed by atoms with van der Waals surface area (Å²) in [4.78, 5) is 21.3. The number of rotatable bonds is 3. The monoisotopic (exact) mass is 398 g/mol. The molecule has 0 radical (unpaired) electrons. The first-order valence-corrected chi connectivity index (χ1v) is 9.18. The number of hydrogen-bond acceptors (Lipinski definition) is 3. The second-order valence-electron chi connectivity index (χ2n) is 6.20. The predicted octanol–water partition coefficient (Wildman–Crippen LogP) is 3.15. The van der Waals surface area contributed by atoms with Crippen LogP contribution in [-0.4, -0.2) is 46.5 Å². The van der Waals surface area contributed by atoms with Crippen LogP contribution in [0.1, 0.15) is 0 Å². The number of aromatic nitrogens is 2. The first-order valence-electron chi connectivity index (χ1n) is 8.39. The van der Waals surface area contributed by atoms with Gasteiger partial charge in [-0.2, -0.15) is 0 Å². The van der Waals surface area contributed by atoms with Gasteiger partial charge < -0.3 is 14.4 Å². The van der Waals surface area contributed by atoms with Gasteiger partial charge in [0.15, 0.2) is 0 Å². The summed E-state index contributed by atoms with van der Waals surface area (Å²) in [5.41, 5.74) is 1.08. The van der Waals surface area contributed by atoms with Gasteiger partial charge in [0, 0.05) is 48.6 Å². The van der Waals surface area contributed by atoms with Crippen LogP contribution in [0.5, 0.6) is 0 Å². The predicted molar refractivity (Wildman–Crippen MR) is 103 cm³/mol. The zero-order valence-electron chi connectivity index (χ0n) is 13.8. The summed E-state index contributed by atoms with van der Waals surface area (Å²) in [6.07, 6.45) is 3.79. The van der Waals surface area contributed by atoms with Gasteiger partial charge in [0.05, 0.1) is 0 Å². The number of nitrogens with zero attached hydrogens (tertiary/aromatic N) is 4. The lowest BCUT2D eigenvalue weighted by Crippen LogP contribution is -2.49. The summed E-state index contributed by atoms with van der Waals surface area (Å²) >= 11 is 3.50. The Morgan fingerprint density at radius 3 is 2.68 bits per heavy atom. The summed E-state index contributed by atoms with van der Waals surface area (Å²) in [5, 5.41) is 1.15. The van der Waals surface area contributed by atoms with Crippen molar-refractivity contribution in [2.45, 2.75) is 6.54 Å². The number of piperazine rings is 1. The van der Waals surface area contributed by atoms with E-state index in [1.807, 2.05) is 52.2 Å². The van der Waals surface area contributed by atoms with Crippen molar-refractivity contribution in [2.24, 2.45) is 0 Å². The molecule has 0 N–H and O–H groups in total. The third-order valence-electron chi connectivity index (χ3n) is 4.65. The van der Waals surface area contributed by atoms with Crippen molar-refractivity contribution >= 4 is 38.6 Å². The molecule has 6 heteroatoms. The lowest BCUT2D eigenvalue weighted by atomic mass is 10.2. The molecule has 1 aromatic carbocycles. The van der Waals surface area contributed by atoms with E-state index < -0.39 is 0 Å². The summed E-state index contributed by atoms with van der Waals surface area (Å²) in [7, 11) is 0. The van der Waals surface area contributed by atoms with Crippen molar-refractivity contribution in [3.05, 3.63) is 59.3 Å². The van der Waals surface area contributed by atoms with E-state index in [4.69, 9.17) is 0 Å². The smallest absolute Gasteiger partial charge is 0.242 e. The Morgan fingerprint density at radius 1 is 1.08 bits per heavy atom. The Kier molecular flexibility index (Phi) is 4.44. The van der Waals surface area contributed by atoms with Gasteiger partial charge in [-0.05, 0) is 35.7 Å². The van der Waals surface area contributed by atoms with E-state index in [1.54, 1.807) is 0 Å². The lowest BCUT2D eigenvalue weighted by Gasteiger charge is -2.35. The molecule has 1 aliphatic rings. The molecule has 1 amide bonds. The Morgan fingerprint density at radius 2 is 1.92 bits per heavy atom. The van der Waals surface area contributed by atoms with E-state index in [1.165, 1.54) is 0 Å². The first kappa shape index (κ1) is 16.1. The minimum absolute atomic E-state index is 0.165. The molecule has 5 nitrogen and oxygen atoms in total. The van der Waals surface area contributed by atoms with E-state index >= 15 is 0 Å². The van der Waals surface area contributed by atoms with Crippen LogP contribution < -0.4 is 4.90 Å². The Labute approximate surface area is 155 Å². The fourth-order valence-corrected chi connectivity index (χ4v) is 3.62. The fourth-order valence-electron chi connectivity index (χ4n) is 3.27. The molecule has 0 spiro atoms. The van der Waals surface area contributed by atoms with Crippen LogP contribution in [0.4, 0.5) is 5.82 Å². The highest BCUT2D eigenvalue weighted by molar-refractivity contribution is 9.10. The SMILES string of the molecule is O=C(Cn1ccc2ccc(Br)cc21)N1CCN(c2ccccn2)CC1. The summed E-state index contributed by atoms with van der Waals surface area (Å²) < 4.78 is 3.05. The largest absolute Gasteiger partial charge is 0.353 e. The average Bonchev–Trinajstić information content (AvgIpc) is 3.04. The van der Waals surface area contributed by atoms with E-state index in [0.29, 0.717) is 6.54 Å². The van der Waals surface area contributed by atoms with Crippen LogP contribution in [0.15, 0.2) is 59.3 Å². The van der Waals surface area contributed by atoms with Crippen molar-refractivity contribution in [1.82, 2.24) is 14.5 Å². The molecule has 1 fully saturated rings. The highest BCUT2D eigenvalue weighted by Crippen LogP contribution is 2.21. The maximum absolute atomic E-state index is 12.7. The van der Waals surface area contributed by atoms with Gasteiger partial charge in [0.1, 0.15) is 12.4 Å². The van der Waals surface area contributed by atoms with Gasteiger partial charge in [-0.3, -0.25) is 4.79 Å². The van der Waals surface area contributed by atoms with Crippen molar-refractivity contribution in [2.75, 3.05) is 31.1 Å². The van der Waals surface area contributed by atoms with E-state index in [0.717, 1.165) is 47.4 Å². The van der Waals surface area contributed by atoms with Crippen molar-refractivity contribution in [1.29, 1.82) is 0 Å². The fraction of sp³-hybridized carbons (Fsp3) is 0.263. The van der Waals surface area contributed by atoms with Gasteiger partial charge >= 0.3 is 0 Å². The van der Waals surface area contributed by atoms with Crippen LogP contribution >= 0.6 is 15.9 Å². The number of fused-ring (bicyclic) bond motifs is 1. The van der Waals surface area contributed by atoms with E-state index in [9.17, 15) is 4.79 Å². The molecule has 25 heavy (non-hydrogen) atoms. The number of hydrogen-bond donors (Lipinski definition) is 0. The normalized spacial score (nSPS) is 14.9. The molecule has 0 bridgehead atoms. The number of pyridine rings is 1. The lowest BCUT2D eigenvalue weighted by molar-refractivity contribution is -0.132. The minimum Gasteiger partial charge on any atom is -0.353 e. The minimum atomic E-state index is 0.165. The Hall–Kier alpha value is -2.34. The Balaban J connectivity index is 1.41. The van der Waals surface area contributed by atoms with Crippen molar-refractivity contribution in [3.8, 4) is 0 Å². The van der Waals surface area contributed by atoms with Crippen LogP contribution in [-0.2, 0) is 11.3 Å². The second-order valence-corrected chi connectivity index (χ2v) is 7.12. The van der Waals surface area contributed by atoms with Gasteiger partial charge in [-0.1, -0.05) is 28.1 Å². The van der Waals surface area contributed by atoms with Gasteiger partial charge in [-0.15, -0.1) is 0 Å². The van der Waals surface area contributed by atoms with Crippen LogP contribution in [0, 0.1) is 0 Å². The van der Waals surface area contributed by atoms with Crippen molar-refractivity contribution in [3.63, 3.8) is 0 Å². The number of halogens is 1. The number of carbonyl (C=O) groups excluding carboxylic acids is 1. The number of amides is 1. The number of carbonyl (C=O) groups is 1. The van der Waals surface area contributed by atoms with Gasteiger partial charge in [0.25, 0.3) is 0 Å². The maximum atomic E-state index is 12.7. The van der Waals surface area contributed by atoms with Crippen molar-refractivity contribution < 1.29 is 4.79 Å². The third kappa shape index (κ3) is 3.39. The molecular weight excluding hydrogens is 380 g/mol. The standard InChI is InChI=1S/C19H19BrN4O/c20-16-5-4-15-6-8-24(17(15)13-16)14-19(25)23-11-9-22(10-12-23)18-3-1-2-7-21-18/h1-8,13H,9-12,14H2. The summed E-state index contributed by atoms with van der Waals surface area (Å²) in [6, 6.07) is 14.1. The molecule has 128 valence electrons. The number of benzene rings is 1. The summed E-state index contributed by atoms with van der Waals surface area (Å²) in [6.45, 7) is 3.49. The average molecular weight is 399 g/mol. The molecule has 0 unspecified atom stereocenters. The molecule has 1 saturated heterocycles. The second kappa shape index (κ2) is 6.88. The zero-order valence-corrected chi connectivity index (χ0v) is 15.4. The molecule has 1 aliphatic heterocycles. The molecule has 2 aromatic heterocycles. The van der Waals surface area contributed by atoms with Crippen LogP contribution in [0.25, 0.3) is 10.9 Å². The quantitative estimate of drug-likeness (QED) is 0.680. The molecule has 0 aliphatic carbocycles. The van der Waals surface area contributed by atoms with Gasteiger partial charge in [0.2, 0.25) is 5.91 Å². The molecule has 3 heterocycles. The molecule has 3 aromatic rings. The van der Waals surface area contributed by atoms with E-state index in [2.05, 4.69) is 37.9 Å². The van der Waals surface area contributed by atoms with Crippen LogP contribution in [0.2, 0.25) is 0 Å². The molecule has 0 atom stereocenters. The summed E-state index contributed by atoms with van der Waals surface area (Å²) in [5.74, 6) is 1.15. The first-order chi connectivity index (χ1) is 12.2.